The average molecular weight is 280 g/mol. The standard InChI is InChI=1S/C14H20N2O2S/c1-5-10(3)15-14(19)16-12-8-11(13(17)18-4)7-6-9(12)2/h6-8,10H,5H2,1-4H3,(H2,15,16,19). The molecule has 19 heavy (non-hydrogen) atoms. The Labute approximate surface area is 119 Å². The molecule has 0 radical (unpaired) electrons. The molecule has 0 amide bonds. The van der Waals surface area contributed by atoms with Crippen molar-refractivity contribution in [1.29, 1.82) is 0 Å². The van der Waals surface area contributed by atoms with Crippen LogP contribution in [0.5, 0.6) is 0 Å². The van der Waals surface area contributed by atoms with Crippen LogP contribution >= 0.6 is 12.2 Å². The molecule has 0 aliphatic heterocycles. The highest BCUT2D eigenvalue weighted by atomic mass is 32.1. The van der Waals surface area contributed by atoms with Gasteiger partial charge in [-0.15, -0.1) is 0 Å². The van der Waals surface area contributed by atoms with Gasteiger partial charge in [0.1, 0.15) is 0 Å². The van der Waals surface area contributed by atoms with Crippen LogP contribution in [0.4, 0.5) is 5.69 Å². The maximum Gasteiger partial charge on any atom is 0.337 e. The molecular formula is C14H20N2O2S. The van der Waals surface area contributed by atoms with Gasteiger partial charge in [0.15, 0.2) is 5.11 Å². The molecule has 0 heterocycles. The summed E-state index contributed by atoms with van der Waals surface area (Å²) in [5, 5.41) is 6.83. The molecule has 1 aromatic rings. The lowest BCUT2D eigenvalue weighted by Gasteiger charge is -2.17. The van der Waals surface area contributed by atoms with Gasteiger partial charge in [-0.3, -0.25) is 0 Å². The Morgan fingerprint density at radius 2 is 2.16 bits per heavy atom. The van der Waals surface area contributed by atoms with E-state index >= 15 is 0 Å². The molecule has 2 N–H and O–H groups in total. The van der Waals surface area contributed by atoms with Gasteiger partial charge in [-0.05, 0) is 50.2 Å². The van der Waals surface area contributed by atoms with Gasteiger partial charge in [0.05, 0.1) is 12.7 Å². The molecule has 1 atom stereocenters. The molecule has 5 heteroatoms. The van der Waals surface area contributed by atoms with E-state index in [0.717, 1.165) is 17.7 Å². The van der Waals surface area contributed by atoms with Gasteiger partial charge in [0.2, 0.25) is 0 Å². The predicted octanol–water partition coefficient (Wildman–Crippen LogP) is 2.87. The number of esters is 1. The SMILES string of the molecule is CCC(C)NC(=S)Nc1cc(C(=O)OC)ccc1C. The monoisotopic (exact) mass is 280 g/mol. The van der Waals surface area contributed by atoms with Crippen molar-refractivity contribution in [3.63, 3.8) is 0 Å². The molecular weight excluding hydrogens is 260 g/mol. The van der Waals surface area contributed by atoms with E-state index in [1.165, 1.54) is 7.11 Å². The lowest BCUT2D eigenvalue weighted by atomic mass is 10.1. The number of carbonyl (C=O) groups excluding carboxylic acids is 1. The fourth-order valence-corrected chi connectivity index (χ4v) is 1.80. The molecule has 104 valence electrons. The number of thiocarbonyl (C=S) groups is 1. The molecule has 0 saturated carbocycles. The van der Waals surface area contributed by atoms with Crippen molar-refractivity contribution in [3.05, 3.63) is 29.3 Å². The molecule has 0 aromatic heterocycles. The fraction of sp³-hybridized carbons (Fsp3) is 0.429. The Morgan fingerprint density at radius 3 is 2.74 bits per heavy atom. The molecule has 1 rings (SSSR count). The van der Waals surface area contributed by atoms with E-state index in [0.29, 0.717) is 16.7 Å². The molecule has 0 saturated heterocycles. The summed E-state index contributed by atoms with van der Waals surface area (Å²) in [6.45, 7) is 6.10. The van der Waals surface area contributed by atoms with E-state index < -0.39 is 0 Å². The summed E-state index contributed by atoms with van der Waals surface area (Å²) in [6, 6.07) is 5.65. The number of carbonyl (C=O) groups is 1. The minimum atomic E-state index is -0.358. The molecule has 0 aliphatic carbocycles. The largest absolute Gasteiger partial charge is 0.465 e. The van der Waals surface area contributed by atoms with E-state index in [9.17, 15) is 4.79 Å². The highest BCUT2D eigenvalue weighted by Gasteiger charge is 2.09. The first-order valence-electron chi connectivity index (χ1n) is 6.24. The van der Waals surface area contributed by atoms with Crippen molar-refractivity contribution in [1.82, 2.24) is 5.32 Å². The van der Waals surface area contributed by atoms with Gasteiger partial charge < -0.3 is 15.4 Å². The molecule has 0 bridgehead atoms. The van der Waals surface area contributed by atoms with Crippen molar-refractivity contribution in [2.45, 2.75) is 33.2 Å². The van der Waals surface area contributed by atoms with E-state index in [2.05, 4.69) is 24.5 Å². The number of methoxy groups -OCH3 is 1. The van der Waals surface area contributed by atoms with Crippen molar-refractivity contribution >= 4 is 29.0 Å². The smallest absolute Gasteiger partial charge is 0.337 e. The van der Waals surface area contributed by atoms with Gasteiger partial charge in [-0.2, -0.15) is 0 Å². The Balaban J connectivity index is 2.82. The van der Waals surface area contributed by atoms with Crippen molar-refractivity contribution < 1.29 is 9.53 Å². The molecule has 0 spiro atoms. The third-order valence-corrected chi connectivity index (χ3v) is 3.12. The van der Waals surface area contributed by atoms with Crippen LogP contribution in [0.3, 0.4) is 0 Å². The lowest BCUT2D eigenvalue weighted by molar-refractivity contribution is 0.0601. The zero-order valence-corrected chi connectivity index (χ0v) is 12.6. The Morgan fingerprint density at radius 1 is 1.47 bits per heavy atom. The molecule has 1 unspecified atom stereocenters. The minimum absolute atomic E-state index is 0.309. The normalized spacial score (nSPS) is 11.6. The molecule has 0 aliphatic rings. The molecule has 0 fully saturated rings. The van der Waals surface area contributed by atoms with Crippen LogP contribution < -0.4 is 10.6 Å². The summed E-state index contributed by atoms with van der Waals surface area (Å²) in [5.41, 5.74) is 2.33. The van der Waals surface area contributed by atoms with Crippen LogP contribution in [0.15, 0.2) is 18.2 Å². The Kier molecular flexibility index (Phi) is 5.76. The maximum atomic E-state index is 11.5. The number of nitrogens with one attached hydrogen (secondary N) is 2. The predicted molar refractivity (Wildman–Crippen MR) is 81.6 cm³/mol. The molecule has 4 nitrogen and oxygen atoms in total. The summed E-state index contributed by atoms with van der Waals surface area (Å²) in [7, 11) is 1.37. The first kappa shape index (κ1) is 15.4. The summed E-state index contributed by atoms with van der Waals surface area (Å²) >= 11 is 5.24. The second-order valence-electron chi connectivity index (χ2n) is 4.43. The highest BCUT2D eigenvalue weighted by Crippen LogP contribution is 2.17. The van der Waals surface area contributed by atoms with E-state index in [1.807, 2.05) is 13.0 Å². The highest BCUT2D eigenvalue weighted by molar-refractivity contribution is 7.80. The Hall–Kier alpha value is -1.62. The minimum Gasteiger partial charge on any atom is -0.465 e. The van der Waals surface area contributed by atoms with Gasteiger partial charge in [-0.1, -0.05) is 13.0 Å². The van der Waals surface area contributed by atoms with Crippen molar-refractivity contribution in [3.8, 4) is 0 Å². The van der Waals surface area contributed by atoms with Crippen molar-refractivity contribution in [2.75, 3.05) is 12.4 Å². The second-order valence-corrected chi connectivity index (χ2v) is 4.84. The average Bonchev–Trinajstić information content (AvgIpc) is 2.40. The van der Waals surface area contributed by atoms with Crippen molar-refractivity contribution in [2.24, 2.45) is 0 Å². The van der Waals surface area contributed by atoms with Crippen LogP contribution in [0.2, 0.25) is 0 Å². The zero-order chi connectivity index (χ0) is 14.4. The third kappa shape index (κ3) is 4.52. The zero-order valence-electron chi connectivity index (χ0n) is 11.7. The second kappa shape index (κ2) is 7.09. The summed E-state index contributed by atoms with van der Waals surface area (Å²) in [6.07, 6.45) is 0.989. The van der Waals surface area contributed by atoms with Crippen LogP contribution in [0, 0.1) is 6.92 Å². The van der Waals surface area contributed by atoms with Crippen LogP contribution in [0.1, 0.15) is 36.2 Å². The first-order chi connectivity index (χ1) is 8.97. The summed E-state index contributed by atoms with van der Waals surface area (Å²) in [5.74, 6) is -0.358. The number of anilines is 1. The number of hydrogen-bond acceptors (Lipinski definition) is 3. The summed E-state index contributed by atoms with van der Waals surface area (Å²) in [4.78, 5) is 11.5. The number of ether oxygens (including phenoxy) is 1. The fourth-order valence-electron chi connectivity index (χ4n) is 1.49. The Bertz CT molecular complexity index is 475. The third-order valence-electron chi connectivity index (χ3n) is 2.90. The van der Waals surface area contributed by atoms with Gasteiger partial charge >= 0.3 is 5.97 Å². The lowest BCUT2D eigenvalue weighted by Crippen LogP contribution is -2.35. The van der Waals surface area contributed by atoms with E-state index in [1.54, 1.807) is 12.1 Å². The quantitative estimate of drug-likeness (QED) is 0.656. The van der Waals surface area contributed by atoms with Crippen LogP contribution in [0.25, 0.3) is 0 Å². The van der Waals surface area contributed by atoms with Gasteiger partial charge in [0.25, 0.3) is 0 Å². The van der Waals surface area contributed by atoms with Crippen LogP contribution in [-0.4, -0.2) is 24.2 Å². The summed E-state index contributed by atoms with van der Waals surface area (Å²) < 4.78 is 4.70. The van der Waals surface area contributed by atoms with Gasteiger partial charge in [0, 0.05) is 11.7 Å². The molecule has 1 aromatic carbocycles. The van der Waals surface area contributed by atoms with Gasteiger partial charge in [-0.25, -0.2) is 4.79 Å². The number of hydrogen-bond donors (Lipinski definition) is 2. The van der Waals surface area contributed by atoms with Crippen LogP contribution in [-0.2, 0) is 4.74 Å². The first-order valence-corrected chi connectivity index (χ1v) is 6.65. The van der Waals surface area contributed by atoms with E-state index in [4.69, 9.17) is 17.0 Å². The maximum absolute atomic E-state index is 11.5. The number of rotatable bonds is 4. The topological polar surface area (TPSA) is 50.4 Å². The van der Waals surface area contributed by atoms with E-state index in [-0.39, 0.29) is 5.97 Å². The number of aryl methyl sites for hydroxylation is 1. The number of benzene rings is 1.